The molecule has 0 aliphatic carbocycles. The lowest BCUT2D eigenvalue weighted by Gasteiger charge is -2.08. The fourth-order valence-electron chi connectivity index (χ4n) is 3.63. The van der Waals surface area contributed by atoms with E-state index in [1.807, 2.05) is 60.7 Å². The summed E-state index contributed by atoms with van der Waals surface area (Å²) in [5.41, 5.74) is 2.67. The number of hydrogen-bond donors (Lipinski definition) is 1. The lowest BCUT2D eigenvalue weighted by Crippen LogP contribution is -2.26. The number of ether oxygens (including phenoxy) is 2. The van der Waals surface area contributed by atoms with E-state index in [4.69, 9.17) is 14.9 Å². The van der Waals surface area contributed by atoms with Gasteiger partial charge in [0, 0.05) is 22.0 Å². The largest absolute Gasteiger partial charge is 0.494 e. The Kier molecular flexibility index (Phi) is 9.47. The van der Waals surface area contributed by atoms with Crippen molar-refractivity contribution in [3.63, 3.8) is 0 Å². The second-order valence-corrected chi connectivity index (χ2v) is 9.26. The molecule has 8 heteroatoms. The van der Waals surface area contributed by atoms with Crippen molar-refractivity contribution in [2.75, 3.05) is 13.2 Å². The number of para-hydroxylation sites is 2. The van der Waals surface area contributed by atoms with Crippen molar-refractivity contribution in [1.29, 1.82) is 5.41 Å². The Hall–Kier alpha value is -2.22. The Morgan fingerprint density at radius 1 is 0.636 bits per heavy atom. The molecule has 0 spiro atoms. The molecule has 174 valence electrons. The molecular formula is C25H26Br2ClN3O2. The second-order valence-electron chi connectivity index (χ2n) is 7.43. The number of nitrogens with one attached hydrogen (secondary N) is 1. The molecule has 0 saturated carbocycles. The molecule has 0 atom stereocenters. The second kappa shape index (κ2) is 12.3. The molecule has 0 bridgehead atoms. The fraction of sp³-hybridized carbons (Fsp3) is 0.240. The van der Waals surface area contributed by atoms with Gasteiger partial charge in [0.1, 0.15) is 11.5 Å². The molecule has 0 aliphatic rings. The Morgan fingerprint density at radius 2 is 1.03 bits per heavy atom. The van der Waals surface area contributed by atoms with Crippen molar-refractivity contribution >= 4 is 55.3 Å². The zero-order valence-corrected chi connectivity index (χ0v) is 22.0. The number of hydrogen-bond acceptors (Lipinski definition) is 3. The van der Waals surface area contributed by atoms with Crippen LogP contribution < -0.4 is 15.1 Å². The fourth-order valence-corrected chi connectivity index (χ4v) is 4.16. The first-order valence-corrected chi connectivity index (χ1v) is 12.2. The van der Waals surface area contributed by atoms with Gasteiger partial charge in [0.25, 0.3) is 0 Å². The number of benzene rings is 3. The molecule has 4 aromatic rings. The number of halogens is 3. The van der Waals surface area contributed by atoms with Gasteiger partial charge in [0.2, 0.25) is 5.62 Å². The van der Waals surface area contributed by atoms with Gasteiger partial charge in [-0.15, -0.1) is 12.4 Å². The van der Waals surface area contributed by atoms with Crippen LogP contribution in [0.25, 0.3) is 11.0 Å². The van der Waals surface area contributed by atoms with Gasteiger partial charge in [0.05, 0.1) is 24.2 Å². The van der Waals surface area contributed by atoms with Crippen molar-refractivity contribution in [3.8, 4) is 11.5 Å². The number of aromatic nitrogens is 2. The monoisotopic (exact) mass is 593 g/mol. The van der Waals surface area contributed by atoms with E-state index < -0.39 is 0 Å². The van der Waals surface area contributed by atoms with Crippen LogP contribution in [0.5, 0.6) is 11.5 Å². The number of nitrogens with zero attached hydrogens (tertiary/aromatic N) is 2. The van der Waals surface area contributed by atoms with Gasteiger partial charge in [-0.3, -0.25) is 5.41 Å². The smallest absolute Gasteiger partial charge is 0.202 e. The highest BCUT2D eigenvalue weighted by atomic mass is 79.9. The maximum absolute atomic E-state index is 8.76. The predicted octanol–water partition coefficient (Wildman–Crippen LogP) is 6.81. The highest BCUT2D eigenvalue weighted by molar-refractivity contribution is 9.10. The Bertz CT molecular complexity index is 1130. The van der Waals surface area contributed by atoms with Crippen molar-refractivity contribution in [3.05, 3.63) is 87.4 Å². The van der Waals surface area contributed by atoms with Crippen LogP contribution in [-0.2, 0) is 13.1 Å². The van der Waals surface area contributed by atoms with Crippen LogP contribution in [0.2, 0.25) is 0 Å². The minimum atomic E-state index is 0. The van der Waals surface area contributed by atoms with E-state index in [1.54, 1.807) is 0 Å². The third-order valence-corrected chi connectivity index (χ3v) is 6.25. The summed E-state index contributed by atoms with van der Waals surface area (Å²) in [6.45, 7) is 2.68. The molecule has 0 fully saturated rings. The third-order valence-electron chi connectivity index (χ3n) is 5.19. The molecule has 1 heterocycles. The molecule has 0 amide bonds. The van der Waals surface area contributed by atoms with E-state index in [-0.39, 0.29) is 12.4 Å². The molecular weight excluding hydrogens is 570 g/mol. The van der Waals surface area contributed by atoms with Gasteiger partial charge in [-0.1, -0.05) is 44.0 Å². The van der Waals surface area contributed by atoms with Crippen LogP contribution in [0.3, 0.4) is 0 Å². The van der Waals surface area contributed by atoms with Gasteiger partial charge in [0.15, 0.2) is 0 Å². The molecule has 5 nitrogen and oxygen atoms in total. The minimum absolute atomic E-state index is 0. The molecule has 33 heavy (non-hydrogen) atoms. The average Bonchev–Trinajstić information content (AvgIpc) is 3.07. The van der Waals surface area contributed by atoms with Crippen molar-refractivity contribution in [1.82, 2.24) is 9.13 Å². The van der Waals surface area contributed by atoms with E-state index in [9.17, 15) is 0 Å². The molecule has 0 unspecified atom stereocenters. The summed E-state index contributed by atoms with van der Waals surface area (Å²) in [6.07, 6.45) is 1.65. The summed E-state index contributed by atoms with van der Waals surface area (Å²) in [5, 5.41) is 8.76. The summed E-state index contributed by atoms with van der Waals surface area (Å²) in [4.78, 5) is 0. The first-order valence-electron chi connectivity index (χ1n) is 10.6. The van der Waals surface area contributed by atoms with E-state index in [0.29, 0.717) is 18.8 Å². The van der Waals surface area contributed by atoms with E-state index in [0.717, 1.165) is 57.4 Å². The van der Waals surface area contributed by atoms with Crippen LogP contribution in [0, 0.1) is 5.41 Å². The SMILES string of the molecule is Cl.N=c1n(CCCOc2ccc(Br)cc2)c2ccccc2n1CCCOc1ccc(Br)cc1. The molecule has 1 aromatic heterocycles. The molecule has 1 N–H and O–H groups in total. The number of fused-ring (bicyclic) bond motifs is 1. The average molecular weight is 596 g/mol. The Balaban J connectivity index is 0.00000306. The normalized spacial score (nSPS) is 10.7. The van der Waals surface area contributed by atoms with E-state index in [1.165, 1.54) is 0 Å². The highest BCUT2D eigenvalue weighted by Crippen LogP contribution is 2.18. The molecule has 0 aliphatic heterocycles. The topological polar surface area (TPSA) is 52.2 Å². The lowest BCUT2D eigenvalue weighted by atomic mass is 10.3. The van der Waals surface area contributed by atoms with Gasteiger partial charge < -0.3 is 18.6 Å². The van der Waals surface area contributed by atoms with Crippen LogP contribution in [0.4, 0.5) is 0 Å². The highest BCUT2D eigenvalue weighted by Gasteiger charge is 2.10. The van der Waals surface area contributed by atoms with Crippen molar-refractivity contribution < 1.29 is 9.47 Å². The Labute approximate surface area is 216 Å². The zero-order chi connectivity index (χ0) is 22.3. The van der Waals surface area contributed by atoms with Gasteiger partial charge in [-0.2, -0.15) is 0 Å². The zero-order valence-electron chi connectivity index (χ0n) is 18.0. The summed E-state index contributed by atoms with van der Waals surface area (Å²) in [7, 11) is 0. The van der Waals surface area contributed by atoms with Gasteiger partial charge in [-0.05, 0) is 73.5 Å². The van der Waals surface area contributed by atoms with Crippen molar-refractivity contribution in [2.45, 2.75) is 25.9 Å². The van der Waals surface area contributed by atoms with E-state index in [2.05, 4.69) is 53.1 Å². The summed E-state index contributed by atoms with van der Waals surface area (Å²) in [5.74, 6) is 1.72. The maximum atomic E-state index is 8.76. The number of imidazole rings is 1. The summed E-state index contributed by atoms with van der Waals surface area (Å²) >= 11 is 6.87. The maximum Gasteiger partial charge on any atom is 0.202 e. The first kappa shape index (κ1) is 25.4. The van der Waals surface area contributed by atoms with Gasteiger partial charge in [-0.25, -0.2) is 0 Å². The number of rotatable bonds is 10. The van der Waals surface area contributed by atoms with Crippen LogP contribution in [0.1, 0.15) is 12.8 Å². The lowest BCUT2D eigenvalue weighted by molar-refractivity contribution is 0.297. The van der Waals surface area contributed by atoms with Crippen LogP contribution >= 0.6 is 44.3 Å². The van der Waals surface area contributed by atoms with Crippen LogP contribution in [-0.4, -0.2) is 22.3 Å². The van der Waals surface area contributed by atoms with Crippen LogP contribution in [0.15, 0.2) is 81.7 Å². The molecule has 0 saturated heterocycles. The minimum Gasteiger partial charge on any atom is -0.494 e. The molecule has 4 rings (SSSR count). The third kappa shape index (κ3) is 6.65. The molecule has 0 radical (unpaired) electrons. The summed E-state index contributed by atoms with van der Waals surface area (Å²) < 4.78 is 17.9. The van der Waals surface area contributed by atoms with Gasteiger partial charge >= 0.3 is 0 Å². The van der Waals surface area contributed by atoms with E-state index >= 15 is 0 Å². The van der Waals surface area contributed by atoms with Crippen molar-refractivity contribution in [2.24, 2.45) is 0 Å². The number of aryl methyl sites for hydroxylation is 2. The standard InChI is InChI=1S/C25H25Br2N3O2.ClH/c26-19-7-11-21(12-8-19)31-17-3-15-29-23-5-1-2-6-24(23)30(25(29)28)16-4-18-32-22-13-9-20(27)10-14-22;/h1-2,5-14,28H,3-4,15-18H2;1H. The summed E-state index contributed by atoms with van der Waals surface area (Å²) in [6, 6.07) is 23.9. The Morgan fingerprint density at radius 3 is 1.42 bits per heavy atom. The first-order chi connectivity index (χ1) is 15.6. The quantitative estimate of drug-likeness (QED) is 0.205. The molecule has 3 aromatic carbocycles. The predicted molar refractivity (Wildman–Crippen MR) is 142 cm³/mol.